The molecule has 0 aliphatic rings. The van der Waals surface area contributed by atoms with Crippen molar-refractivity contribution < 1.29 is 2.74 Å². The molecule has 0 unspecified atom stereocenters. The Morgan fingerprint density at radius 3 is 1.52 bits per heavy atom. The molecule has 1 aromatic heterocycles. The zero-order chi connectivity index (χ0) is 32.5. The Morgan fingerprint density at radius 2 is 0.891 bits per heavy atom. The third-order valence-electron chi connectivity index (χ3n) is 8.41. The van der Waals surface area contributed by atoms with Crippen LogP contribution in [-0.4, -0.2) is 4.57 Å². The normalized spacial score (nSPS) is 12.4. The van der Waals surface area contributed by atoms with Crippen LogP contribution in [0.5, 0.6) is 0 Å². The minimum Gasteiger partial charge on any atom is -0.311 e. The molecule has 7 aromatic carbocycles. The molecule has 0 N–H and O–H groups in total. The highest BCUT2D eigenvalue weighted by atomic mass is 15.1. The van der Waals surface area contributed by atoms with Crippen LogP contribution in [0, 0.1) is 0 Å². The van der Waals surface area contributed by atoms with E-state index in [9.17, 15) is 0 Å². The molecule has 2 heteroatoms. The van der Waals surface area contributed by atoms with E-state index in [1.807, 2.05) is 78.9 Å². The van der Waals surface area contributed by atoms with Gasteiger partial charge < -0.3 is 9.47 Å². The number of rotatable bonds is 7. The fourth-order valence-electron chi connectivity index (χ4n) is 6.19. The quantitative estimate of drug-likeness (QED) is 0.168. The van der Waals surface area contributed by atoms with Gasteiger partial charge in [-0.2, -0.15) is 0 Å². The average Bonchev–Trinajstić information content (AvgIpc) is 3.50. The van der Waals surface area contributed by atoms with Crippen molar-refractivity contribution in [3.63, 3.8) is 0 Å². The van der Waals surface area contributed by atoms with Crippen LogP contribution >= 0.6 is 0 Å². The molecule has 8 rings (SSSR count). The van der Waals surface area contributed by atoms with E-state index in [1.54, 1.807) is 0 Å². The van der Waals surface area contributed by atoms with E-state index in [2.05, 4.69) is 113 Å². The summed E-state index contributed by atoms with van der Waals surface area (Å²) in [4.78, 5) is 2.19. The summed E-state index contributed by atoms with van der Waals surface area (Å²) in [5, 5.41) is 2.42. The van der Waals surface area contributed by atoms with E-state index < -0.39 is 0 Å². The monoisotopic (exact) mass is 590 g/mol. The predicted molar refractivity (Wildman–Crippen MR) is 196 cm³/mol. The number of fused-ring (bicyclic) bond motifs is 3. The number of anilines is 3. The smallest absolute Gasteiger partial charge is 0.0629 e. The van der Waals surface area contributed by atoms with Gasteiger partial charge in [0, 0.05) is 33.5 Å². The summed E-state index contributed by atoms with van der Waals surface area (Å²) >= 11 is 0. The average molecular weight is 591 g/mol. The van der Waals surface area contributed by atoms with Crippen molar-refractivity contribution in [3.8, 4) is 16.8 Å². The van der Waals surface area contributed by atoms with E-state index in [0.29, 0.717) is 11.1 Å². The number of hydrogen-bond acceptors (Lipinski definition) is 1. The highest BCUT2D eigenvalue weighted by molar-refractivity contribution is 6.10. The number of nitrogens with zero attached hydrogens (tertiary/aromatic N) is 2. The predicted octanol–water partition coefficient (Wildman–Crippen LogP) is 12.1. The molecule has 218 valence electrons. The Bertz CT molecular complexity index is 2340. The zero-order valence-corrected chi connectivity index (χ0v) is 25.2. The first-order valence-electron chi connectivity index (χ1n) is 16.5. The van der Waals surface area contributed by atoms with Gasteiger partial charge in [0.1, 0.15) is 0 Å². The van der Waals surface area contributed by atoms with Crippen molar-refractivity contribution in [1.29, 1.82) is 0 Å². The summed E-state index contributed by atoms with van der Waals surface area (Å²) in [6.45, 7) is 0. The lowest BCUT2D eigenvalue weighted by Crippen LogP contribution is -2.09. The molecule has 0 radical (unpaired) electrons. The summed E-state index contributed by atoms with van der Waals surface area (Å²) < 4.78 is 20.1. The number of para-hydroxylation sites is 4. The molecular weight excluding hydrogens is 556 g/mol. The van der Waals surface area contributed by atoms with Gasteiger partial charge in [-0.1, -0.05) is 127 Å². The molecule has 1 heterocycles. The van der Waals surface area contributed by atoms with E-state index in [-0.39, 0.29) is 12.1 Å². The third-order valence-corrected chi connectivity index (χ3v) is 8.41. The van der Waals surface area contributed by atoms with Crippen molar-refractivity contribution in [2.75, 3.05) is 4.90 Å². The van der Waals surface area contributed by atoms with Gasteiger partial charge in [0.15, 0.2) is 0 Å². The van der Waals surface area contributed by atoms with Crippen molar-refractivity contribution in [2.45, 2.75) is 0 Å². The van der Waals surface area contributed by atoms with Gasteiger partial charge in [-0.25, -0.2) is 0 Å². The Labute approximate surface area is 272 Å². The lowest BCUT2D eigenvalue weighted by molar-refractivity contribution is 1.18. The van der Waals surface area contributed by atoms with Gasteiger partial charge in [-0.15, -0.1) is 0 Å². The van der Waals surface area contributed by atoms with Crippen molar-refractivity contribution >= 4 is 51.0 Å². The van der Waals surface area contributed by atoms with Crippen LogP contribution in [0.4, 0.5) is 17.1 Å². The molecule has 0 saturated heterocycles. The van der Waals surface area contributed by atoms with Gasteiger partial charge in [-0.05, 0) is 89.0 Å². The maximum absolute atomic E-state index is 8.90. The van der Waals surface area contributed by atoms with Crippen LogP contribution in [0.15, 0.2) is 182 Å². The second kappa shape index (κ2) is 12.1. The second-order valence-corrected chi connectivity index (χ2v) is 11.3. The largest absolute Gasteiger partial charge is 0.311 e. The Morgan fingerprint density at radius 1 is 0.413 bits per heavy atom. The molecule has 0 amide bonds. The van der Waals surface area contributed by atoms with Gasteiger partial charge in [-0.3, -0.25) is 0 Å². The lowest BCUT2D eigenvalue weighted by Gasteiger charge is -2.25. The van der Waals surface area contributed by atoms with E-state index in [1.165, 1.54) is 21.8 Å². The molecule has 0 bridgehead atoms. The van der Waals surface area contributed by atoms with Gasteiger partial charge in [0.25, 0.3) is 0 Å². The van der Waals surface area contributed by atoms with Crippen molar-refractivity contribution in [1.82, 2.24) is 4.57 Å². The lowest BCUT2D eigenvalue weighted by atomic mass is 10.0. The summed E-state index contributed by atoms with van der Waals surface area (Å²) in [7, 11) is 0. The topological polar surface area (TPSA) is 8.17 Å². The fraction of sp³-hybridized carbons (Fsp3) is 0. The molecule has 2 nitrogen and oxygen atoms in total. The molecule has 0 spiro atoms. The molecule has 0 aliphatic heterocycles. The van der Waals surface area contributed by atoms with E-state index in [0.717, 1.165) is 33.9 Å². The van der Waals surface area contributed by atoms with Crippen LogP contribution in [0.25, 0.3) is 50.7 Å². The molecule has 8 aromatic rings. The second-order valence-electron chi connectivity index (χ2n) is 11.3. The third kappa shape index (κ3) is 5.27. The van der Waals surface area contributed by atoms with E-state index >= 15 is 0 Å². The molecular formula is C44H32N2. The molecule has 46 heavy (non-hydrogen) atoms. The highest BCUT2D eigenvalue weighted by Gasteiger charge is 2.13. The number of hydrogen-bond donors (Lipinski definition) is 0. The van der Waals surface area contributed by atoms with Crippen LogP contribution in [0.1, 0.15) is 13.9 Å². The zero-order valence-electron chi connectivity index (χ0n) is 27.2. The van der Waals surface area contributed by atoms with E-state index in [4.69, 9.17) is 2.74 Å². The summed E-state index contributed by atoms with van der Waals surface area (Å²) in [5.74, 6) is 0. The first kappa shape index (κ1) is 25.2. The first-order valence-corrected chi connectivity index (χ1v) is 15.5. The SMILES string of the molecule is [2H]/C(=C(/[2H])c1ccc(N(c2ccccc2)c2ccccc2)cc1)c1ccc(-c2ccc3c(c2)c2ccccc2n3-c2ccccc2)cc1. The number of benzene rings is 7. The Hall–Kier alpha value is -6.12. The molecule has 0 atom stereocenters. The van der Waals surface area contributed by atoms with Crippen LogP contribution < -0.4 is 4.90 Å². The van der Waals surface area contributed by atoms with Crippen molar-refractivity contribution in [2.24, 2.45) is 0 Å². The standard InChI is InChI=1S/C44H32N2/c1-4-12-37(13-5-1)45(38-14-6-2-7-15-38)40-29-24-34(25-30-40)21-20-33-22-26-35(27-23-33)36-28-31-44-42(32-36)41-18-10-11-19-43(41)46(44)39-16-8-3-9-17-39/h1-32H/b21-20+/i20D,21D. The van der Waals surface area contributed by atoms with Crippen molar-refractivity contribution in [3.05, 3.63) is 193 Å². The van der Waals surface area contributed by atoms with Crippen LogP contribution in [0.2, 0.25) is 0 Å². The van der Waals surface area contributed by atoms with Gasteiger partial charge in [0.05, 0.1) is 13.8 Å². The van der Waals surface area contributed by atoms with Crippen LogP contribution in [0.3, 0.4) is 0 Å². The first-order chi connectivity index (χ1) is 23.7. The molecule has 0 saturated carbocycles. The van der Waals surface area contributed by atoms with Gasteiger partial charge >= 0.3 is 0 Å². The van der Waals surface area contributed by atoms with Crippen LogP contribution in [-0.2, 0) is 0 Å². The number of aromatic nitrogens is 1. The summed E-state index contributed by atoms with van der Waals surface area (Å²) in [5.41, 5.74) is 10.2. The van der Waals surface area contributed by atoms with Gasteiger partial charge in [0.2, 0.25) is 0 Å². The highest BCUT2D eigenvalue weighted by Crippen LogP contribution is 2.36. The maximum Gasteiger partial charge on any atom is 0.0629 e. The summed E-state index contributed by atoms with van der Waals surface area (Å²) in [6, 6.07) is 62.4. The summed E-state index contributed by atoms with van der Waals surface area (Å²) in [6.07, 6.45) is 0. The minimum absolute atomic E-state index is 0.190. The molecule has 0 aliphatic carbocycles. The Balaban J connectivity index is 1.09. The maximum atomic E-state index is 8.90. The molecule has 0 fully saturated rings. The fourth-order valence-corrected chi connectivity index (χ4v) is 6.19. The Kier molecular flexibility index (Phi) is 6.64. The minimum atomic E-state index is 0.190.